The number of nitroso groups, excluding NO2 is 1. The highest BCUT2D eigenvalue weighted by Crippen LogP contribution is 2.33. The summed E-state index contributed by atoms with van der Waals surface area (Å²) >= 11 is 0. The normalized spacial score (nSPS) is 12.7. The van der Waals surface area contributed by atoms with Crippen LogP contribution in [0.3, 0.4) is 0 Å². The second-order valence-electron chi connectivity index (χ2n) is 4.32. The third-order valence-electron chi connectivity index (χ3n) is 2.89. The summed E-state index contributed by atoms with van der Waals surface area (Å²) in [6.45, 7) is 4.42. The first-order valence-electron chi connectivity index (χ1n) is 6.57. The van der Waals surface area contributed by atoms with E-state index in [9.17, 15) is 18.1 Å². The molecule has 23 heavy (non-hydrogen) atoms. The highest BCUT2D eigenvalue weighted by molar-refractivity contribution is 5.53. The highest BCUT2D eigenvalue weighted by Gasteiger charge is 2.34. The lowest BCUT2D eigenvalue weighted by atomic mass is 10.1. The molecule has 0 heterocycles. The summed E-state index contributed by atoms with van der Waals surface area (Å²) in [5.74, 6) is -0.105. The van der Waals surface area contributed by atoms with Crippen LogP contribution in [0.25, 0.3) is 0 Å². The van der Waals surface area contributed by atoms with E-state index in [0.717, 1.165) is 0 Å². The van der Waals surface area contributed by atoms with Crippen molar-refractivity contribution in [2.75, 3.05) is 7.11 Å². The predicted molar refractivity (Wildman–Crippen MR) is 81.3 cm³/mol. The smallest absolute Gasteiger partial charge is 0.419 e. The number of ether oxygens (including phenoxy) is 2. The van der Waals surface area contributed by atoms with E-state index in [0.29, 0.717) is 11.8 Å². The van der Waals surface area contributed by atoms with Gasteiger partial charge in [-0.2, -0.15) is 13.2 Å². The predicted octanol–water partition coefficient (Wildman–Crippen LogP) is 5.19. The fraction of sp³-hybridized carbons (Fsp3) is 0.250. The Bertz CT molecular complexity index is 634. The molecule has 0 bridgehead atoms. The Labute approximate surface area is 131 Å². The molecule has 1 aromatic rings. The monoisotopic (exact) mass is 327 g/mol. The van der Waals surface area contributed by atoms with Gasteiger partial charge < -0.3 is 9.47 Å². The molecule has 4 nitrogen and oxygen atoms in total. The Morgan fingerprint density at radius 2 is 2.09 bits per heavy atom. The minimum atomic E-state index is -4.61. The number of hydrogen-bond donors (Lipinski definition) is 0. The van der Waals surface area contributed by atoms with Gasteiger partial charge in [-0.15, -0.1) is 4.91 Å². The van der Waals surface area contributed by atoms with Crippen LogP contribution >= 0.6 is 0 Å². The number of nitrogens with zero attached hydrogens (tertiary/aromatic N) is 1. The Hall–Kier alpha value is -2.57. The SMILES string of the molecule is C=C/C(=C(\C=C/C)OCc1c(N=O)cccc1OC)C(F)(F)F. The molecule has 7 heteroatoms. The molecule has 0 spiro atoms. The molecule has 0 aliphatic rings. The van der Waals surface area contributed by atoms with Crippen LogP contribution in [-0.4, -0.2) is 13.3 Å². The summed E-state index contributed by atoms with van der Waals surface area (Å²) in [6.07, 6.45) is -1.35. The zero-order valence-corrected chi connectivity index (χ0v) is 12.7. The van der Waals surface area contributed by atoms with Gasteiger partial charge in [0.05, 0.1) is 18.2 Å². The molecule has 0 saturated heterocycles. The molecule has 0 aromatic heterocycles. The lowest BCUT2D eigenvalue weighted by molar-refractivity contribution is -0.0914. The minimum absolute atomic E-state index is 0.0383. The third-order valence-corrected chi connectivity index (χ3v) is 2.89. The van der Waals surface area contributed by atoms with Crippen LogP contribution in [0.15, 0.2) is 59.5 Å². The van der Waals surface area contributed by atoms with Crippen LogP contribution in [0.1, 0.15) is 12.5 Å². The van der Waals surface area contributed by atoms with Gasteiger partial charge in [-0.25, -0.2) is 0 Å². The average Bonchev–Trinajstić information content (AvgIpc) is 2.51. The van der Waals surface area contributed by atoms with E-state index in [-0.39, 0.29) is 17.9 Å². The van der Waals surface area contributed by atoms with Crippen LogP contribution in [0, 0.1) is 4.91 Å². The van der Waals surface area contributed by atoms with E-state index in [2.05, 4.69) is 11.8 Å². The fourth-order valence-electron chi connectivity index (χ4n) is 1.85. The minimum Gasteiger partial charge on any atom is -0.496 e. The summed E-state index contributed by atoms with van der Waals surface area (Å²) in [4.78, 5) is 10.8. The van der Waals surface area contributed by atoms with Gasteiger partial charge in [0.25, 0.3) is 0 Å². The quantitative estimate of drug-likeness (QED) is 0.393. The van der Waals surface area contributed by atoms with Gasteiger partial charge in [-0.3, -0.25) is 0 Å². The number of allylic oxidation sites excluding steroid dienone is 4. The third kappa shape index (κ3) is 4.70. The molecule has 0 saturated carbocycles. The molecule has 124 valence electrons. The first kappa shape index (κ1) is 18.5. The summed E-state index contributed by atoms with van der Waals surface area (Å²) in [6, 6.07) is 4.53. The largest absolute Gasteiger partial charge is 0.496 e. The molecule has 1 aromatic carbocycles. The first-order chi connectivity index (χ1) is 10.9. The number of halogens is 3. The van der Waals surface area contributed by atoms with Crippen LogP contribution in [0.5, 0.6) is 5.75 Å². The Kier molecular flexibility index (Phi) is 6.56. The molecule has 0 amide bonds. The number of benzene rings is 1. The molecule has 0 aliphatic heterocycles. The lowest BCUT2D eigenvalue weighted by Gasteiger charge is -2.16. The zero-order chi connectivity index (χ0) is 17.5. The Morgan fingerprint density at radius 1 is 1.39 bits per heavy atom. The molecule has 0 unspecified atom stereocenters. The van der Waals surface area contributed by atoms with E-state index >= 15 is 0 Å². The van der Waals surface area contributed by atoms with Gasteiger partial charge in [0.1, 0.15) is 23.8 Å². The van der Waals surface area contributed by atoms with Crippen molar-refractivity contribution in [3.63, 3.8) is 0 Å². The lowest BCUT2D eigenvalue weighted by Crippen LogP contribution is -2.13. The van der Waals surface area contributed by atoms with Crippen molar-refractivity contribution in [3.05, 3.63) is 64.8 Å². The van der Waals surface area contributed by atoms with Crippen molar-refractivity contribution in [1.29, 1.82) is 0 Å². The van der Waals surface area contributed by atoms with Gasteiger partial charge in [0.15, 0.2) is 0 Å². The molecule has 0 radical (unpaired) electrons. The fourth-order valence-corrected chi connectivity index (χ4v) is 1.85. The topological polar surface area (TPSA) is 47.9 Å². The van der Waals surface area contributed by atoms with Crippen LogP contribution in [-0.2, 0) is 11.3 Å². The van der Waals surface area contributed by atoms with Gasteiger partial charge in [0.2, 0.25) is 0 Å². The molecule has 0 aliphatic carbocycles. The Balaban J connectivity index is 3.22. The van der Waals surface area contributed by atoms with E-state index in [1.54, 1.807) is 19.1 Å². The van der Waals surface area contributed by atoms with E-state index in [1.165, 1.54) is 25.3 Å². The van der Waals surface area contributed by atoms with E-state index < -0.39 is 17.5 Å². The van der Waals surface area contributed by atoms with Crippen molar-refractivity contribution < 1.29 is 22.6 Å². The number of methoxy groups -OCH3 is 1. The number of alkyl halides is 3. The second kappa shape index (κ2) is 8.17. The van der Waals surface area contributed by atoms with Crippen molar-refractivity contribution in [2.45, 2.75) is 19.7 Å². The number of hydrogen-bond acceptors (Lipinski definition) is 4. The van der Waals surface area contributed by atoms with E-state index in [1.807, 2.05) is 0 Å². The van der Waals surface area contributed by atoms with Crippen LogP contribution < -0.4 is 4.74 Å². The van der Waals surface area contributed by atoms with Crippen molar-refractivity contribution in [3.8, 4) is 5.75 Å². The molecular weight excluding hydrogens is 311 g/mol. The Morgan fingerprint density at radius 3 is 2.57 bits per heavy atom. The molecular formula is C16H16F3NO3. The van der Waals surface area contributed by atoms with Crippen LogP contribution in [0.2, 0.25) is 0 Å². The maximum atomic E-state index is 13.0. The van der Waals surface area contributed by atoms with Crippen molar-refractivity contribution >= 4 is 5.69 Å². The molecule has 1 rings (SSSR count). The zero-order valence-electron chi connectivity index (χ0n) is 12.7. The maximum Gasteiger partial charge on any atom is 0.419 e. The highest BCUT2D eigenvalue weighted by atomic mass is 19.4. The van der Waals surface area contributed by atoms with E-state index in [4.69, 9.17) is 9.47 Å². The summed E-state index contributed by atoms with van der Waals surface area (Å²) in [5, 5.41) is 2.83. The van der Waals surface area contributed by atoms with Crippen molar-refractivity contribution in [1.82, 2.24) is 0 Å². The second-order valence-corrected chi connectivity index (χ2v) is 4.32. The molecule has 0 N–H and O–H groups in total. The first-order valence-corrected chi connectivity index (χ1v) is 6.57. The number of rotatable bonds is 7. The van der Waals surface area contributed by atoms with Crippen LogP contribution in [0.4, 0.5) is 18.9 Å². The van der Waals surface area contributed by atoms with Gasteiger partial charge in [0, 0.05) is 0 Å². The summed E-state index contributed by atoms with van der Waals surface area (Å²) < 4.78 is 49.3. The molecule has 0 atom stereocenters. The maximum absolute atomic E-state index is 13.0. The summed E-state index contributed by atoms with van der Waals surface area (Å²) in [5.41, 5.74) is -0.708. The van der Waals surface area contributed by atoms with Crippen molar-refractivity contribution in [2.24, 2.45) is 5.18 Å². The van der Waals surface area contributed by atoms with Gasteiger partial charge in [-0.1, -0.05) is 24.8 Å². The standard InChI is InChI=1S/C16H16F3NO3/c1-4-7-15(12(5-2)16(17,18)19)23-10-11-13(20-21)8-6-9-14(11)22-3/h4-9H,2,10H2,1,3H3/b7-4-,15-12-. The van der Waals surface area contributed by atoms with Gasteiger partial charge in [-0.05, 0) is 30.3 Å². The van der Waals surface area contributed by atoms with Gasteiger partial charge >= 0.3 is 6.18 Å². The average molecular weight is 327 g/mol. The molecule has 0 fully saturated rings. The summed E-state index contributed by atoms with van der Waals surface area (Å²) in [7, 11) is 1.38.